The highest BCUT2D eigenvalue weighted by atomic mass is 35.5. The Hall–Kier alpha value is -1.21. The molecule has 1 heterocycles. The van der Waals surface area contributed by atoms with Gasteiger partial charge in [0, 0.05) is 25.0 Å². The van der Waals surface area contributed by atoms with Crippen LogP contribution in [0.2, 0.25) is 5.02 Å². The highest BCUT2D eigenvalue weighted by Gasteiger charge is 2.50. The van der Waals surface area contributed by atoms with Crippen LogP contribution < -0.4 is 10.6 Å². The Morgan fingerprint density at radius 3 is 2.53 bits per heavy atom. The predicted octanol–water partition coefficient (Wildman–Crippen LogP) is 2.56. The molecule has 1 atom stereocenters. The number of amides is 1. The number of nitrogens with one attached hydrogen (secondary N) is 2. The van der Waals surface area contributed by atoms with Crippen molar-refractivity contribution in [3.8, 4) is 0 Å². The zero-order valence-corrected chi connectivity index (χ0v) is 18.3. The Labute approximate surface area is 183 Å². The fourth-order valence-electron chi connectivity index (χ4n) is 6.39. The zero-order valence-electron chi connectivity index (χ0n) is 17.6. The van der Waals surface area contributed by atoms with Gasteiger partial charge in [0.15, 0.2) is 0 Å². The third kappa shape index (κ3) is 5.16. The molecule has 4 N–H and O–H groups in total. The van der Waals surface area contributed by atoms with Gasteiger partial charge in [-0.25, -0.2) is 0 Å². The normalized spacial score (nSPS) is 30.4. The van der Waals surface area contributed by atoms with E-state index in [1.807, 2.05) is 0 Å². The van der Waals surface area contributed by atoms with Crippen LogP contribution in [0.15, 0.2) is 12.3 Å². The predicted molar refractivity (Wildman–Crippen MR) is 116 cm³/mol. The molecule has 1 aromatic rings. The quantitative estimate of drug-likeness (QED) is 0.424. The number of aryl methyl sites for hydroxylation is 1. The van der Waals surface area contributed by atoms with Gasteiger partial charge in [-0.1, -0.05) is 11.6 Å². The lowest BCUT2D eigenvalue weighted by atomic mass is 9.49. The van der Waals surface area contributed by atoms with Gasteiger partial charge in [-0.2, -0.15) is 0 Å². The van der Waals surface area contributed by atoms with Gasteiger partial charge in [-0.05, 0) is 87.1 Å². The molecule has 4 saturated carbocycles. The summed E-state index contributed by atoms with van der Waals surface area (Å²) in [7, 11) is 0. The van der Waals surface area contributed by atoms with E-state index in [0.717, 1.165) is 36.4 Å². The molecule has 0 radical (unpaired) electrons. The molecule has 0 aliphatic heterocycles. The molecule has 0 spiro atoms. The van der Waals surface area contributed by atoms with Gasteiger partial charge in [0.1, 0.15) is 0 Å². The summed E-state index contributed by atoms with van der Waals surface area (Å²) in [6.07, 6.45) is 10.4. The van der Waals surface area contributed by atoms with E-state index in [9.17, 15) is 9.90 Å². The van der Waals surface area contributed by atoms with Crippen molar-refractivity contribution in [3.63, 3.8) is 0 Å². The number of aliphatic hydroxyl groups is 2. The van der Waals surface area contributed by atoms with E-state index in [1.54, 1.807) is 12.3 Å². The number of aromatic nitrogens is 1. The summed E-state index contributed by atoms with van der Waals surface area (Å²) in [5.41, 5.74) is 1.65. The van der Waals surface area contributed by atoms with Crippen LogP contribution in [0.1, 0.15) is 61.0 Å². The van der Waals surface area contributed by atoms with Crippen molar-refractivity contribution in [2.24, 2.45) is 23.2 Å². The van der Waals surface area contributed by atoms with Crippen LogP contribution in [0, 0.1) is 23.2 Å². The monoisotopic (exact) mass is 435 g/mol. The molecular formula is C23H34ClN3O3. The maximum absolute atomic E-state index is 12.9. The number of hydrogen-bond donors (Lipinski definition) is 4. The molecule has 1 aromatic heterocycles. The minimum atomic E-state index is -0.733. The van der Waals surface area contributed by atoms with E-state index in [-0.39, 0.29) is 12.5 Å². The van der Waals surface area contributed by atoms with Crippen molar-refractivity contribution in [2.75, 3.05) is 26.2 Å². The molecule has 166 valence electrons. The highest BCUT2D eigenvalue weighted by Crippen LogP contribution is 2.59. The van der Waals surface area contributed by atoms with Crippen molar-refractivity contribution in [3.05, 3.63) is 28.5 Å². The summed E-state index contributed by atoms with van der Waals surface area (Å²) in [5, 5.41) is 24.8. The molecule has 6 nitrogen and oxygen atoms in total. The molecule has 0 saturated heterocycles. The smallest absolute Gasteiger partial charge is 0.252 e. The van der Waals surface area contributed by atoms with Gasteiger partial charge in [-0.3, -0.25) is 9.78 Å². The summed E-state index contributed by atoms with van der Waals surface area (Å²) < 4.78 is 0. The summed E-state index contributed by atoms with van der Waals surface area (Å²) >= 11 is 6.29. The van der Waals surface area contributed by atoms with Gasteiger partial charge in [0.2, 0.25) is 0 Å². The topological polar surface area (TPSA) is 94.5 Å². The van der Waals surface area contributed by atoms with Crippen LogP contribution in [0.25, 0.3) is 0 Å². The van der Waals surface area contributed by atoms with Crippen LogP contribution >= 0.6 is 11.6 Å². The van der Waals surface area contributed by atoms with Crippen molar-refractivity contribution in [1.82, 2.24) is 15.6 Å². The third-order valence-corrected chi connectivity index (χ3v) is 7.62. The number of pyridine rings is 1. The van der Waals surface area contributed by atoms with Crippen LogP contribution in [-0.2, 0) is 6.42 Å². The van der Waals surface area contributed by atoms with Gasteiger partial charge < -0.3 is 20.8 Å². The van der Waals surface area contributed by atoms with E-state index >= 15 is 0 Å². The standard InChI is InChI=1S/C23H34ClN3O3/c24-21-12-26-18(2-1-3-25-11-19(29)13-28)7-20(21)22(30)27-14-23-8-15-4-16(9-23)6-17(5-15)10-23/h7,12,15-17,19,25,28-29H,1-6,8-11,13-14H2,(H,27,30). The van der Waals surface area contributed by atoms with E-state index < -0.39 is 6.10 Å². The number of nitrogens with zero attached hydrogens (tertiary/aromatic N) is 1. The fourth-order valence-corrected chi connectivity index (χ4v) is 6.58. The molecule has 4 fully saturated rings. The first-order chi connectivity index (χ1) is 14.5. The van der Waals surface area contributed by atoms with E-state index in [4.69, 9.17) is 16.7 Å². The molecule has 4 bridgehead atoms. The zero-order chi connectivity index (χ0) is 21.1. The number of halogens is 1. The lowest BCUT2D eigenvalue weighted by molar-refractivity contribution is -0.0503. The Kier molecular flexibility index (Phi) is 6.98. The Balaban J connectivity index is 1.29. The largest absolute Gasteiger partial charge is 0.394 e. The first-order valence-corrected chi connectivity index (χ1v) is 11.8. The highest BCUT2D eigenvalue weighted by molar-refractivity contribution is 6.33. The van der Waals surface area contributed by atoms with Crippen molar-refractivity contribution < 1.29 is 15.0 Å². The van der Waals surface area contributed by atoms with Crippen LogP contribution in [0.3, 0.4) is 0 Å². The fraction of sp³-hybridized carbons (Fsp3) is 0.739. The molecule has 7 heteroatoms. The average molecular weight is 436 g/mol. The first kappa shape index (κ1) is 22.0. The summed E-state index contributed by atoms with van der Waals surface area (Å²) in [4.78, 5) is 17.3. The summed E-state index contributed by atoms with van der Waals surface area (Å²) in [6.45, 7) is 1.59. The first-order valence-electron chi connectivity index (χ1n) is 11.4. The van der Waals surface area contributed by atoms with E-state index in [0.29, 0.717) is 35.5 Å². The molecule has 1 amide bonds. The Bertz CT molecular complexity index is 722. The van der Waals surface area contributed by atoms with E-state index in [2.05, 4.69) is 15.6 Å². The third-order valence-electron chi connectivity index (χ3n) is 7.32. The number of hydrogen-bond acceptors (Lipinski definition) is 5. The Morgan fingerprint density at radius 2 is 1.90 bits per heavy atom. The molecular weight excluding hydrogens is 402 g/mol. The van der Waals surface area contributed by atoms with Crippen molar-refractivity contribution in [2.45, 2.75) is 57.5 Å². The SMILES string of the molecule is O=C(NCC12CC3CC(CC(C3)C1)C2)c1cc(CCCNCC(O)CO)ncc1Cl. The van der Waals surface area contributed by atoms with Crippen molar-refractivity contribution >= 4 is 17.5 Å². The molecule has 4 aliphatic carbocycles. The second kappa shape index (κ2) is 9.51. The minimum Gasteiger partial charge on any atom is -0.394 e. The van der Waals surface area contributed by atoms with E-state index in [1.165, 1.54) is 38.5 Å². The second-order valence-electron chi connectivity index (χ2n) is 9.90. The van der Waals surface area contributed by atoms with Crippen molar-refractivity contribution in [1.29, 1.82) is 0 Å². The molecule has 30 heavy (non-hydrogen) atoms. The number of aliphatic hydroxyl groups excluding tert-OH is 2. The molecule has 0 aromatic carbocycles. The van der Waals surface area contributed by atoms with Gasteiger partial charge in [0.05, 0.1) is 23.3 Å². The average Bonchev–Trinajstić information content (AvgIpc) is 2.71. The maximum atomic E-state index is 12.9. The number of carbonyl (C=O) groups is 1. The van der Waals surface area contributed by atoms with Crippen LogP contribution in [0.5, 0.6) is 0 Å². The lowest BCUT2D eigenvalue weighted by Gasteiger charge is -2.56. The molecule has 4 aliphatic rings. The maximum Gasteiger partial charge on any atom is 0.252 e. The van der Waals surface area contributed by atoms with Gasteiger partial charge >= 0.3 is 0 Å². The van der Waals surface area contributed by atoms with Crippen LogP contribution in [0.4, 0.5) is 0 Å². The number of carbonyl (C=O) groups excluding carboxylic acids is 1. The van der Waals surface area contributed by atoms with Gasteiger partial charge in [0.25, 0.3) is 5.91 Å². The minimum absolute atomic E-state index is 0.0939. The van der Waals surface area contributed by atoms with Gasteiger partial charge in [-0.15, -0.1) is 0 Å². The molecule has 5 rings (SSSR count). The summed E-state index contributed by atoms with van der Waals surface area (Å²) in [6, 6.07) is 1.81. The Morgan fingerprint density at radius 1 is 1.23 bits per heavy atom. The second-order valence-corrected chi connectivity index (χ2v) is 10.3. The molecule has 1 unspecified atom stereocenters. The lowest BCUT2D eigenvalue weighted by Crippen LogP contribution is -2.51. The summed E-state index contributed by atoms with van der Waals surface area (Å²) in [5.74, 6) is 2.52. The van der Waals surface area contributed by atoms with Crippen LogP contribution in [-0.4, -0.2) is 53.4 Å². The number of rotatable bonds is 10.